The van der Waals surface area contributed by atoms with Crippen molar-refractivity contribution in [3.05, 3.63) is 101 Å². The lowest BCUT2D eigenvalue weighted by atomic mass is 9.97. The summed E-state index contributed by atoms with van der Waals surface area (Å²) in [5, 5.41) is 9.19. The number of hydrogen-bond donors (Lipinski definition) is 3. The maximum Gasteiger partial charge on any atom is 0.328 e. The van der Waals surface area contributed by atoms with Crippen molar-refractivity contribution in [2.75, 3.05) is 41.7 Å². The molecule has 5 rings (SSSR count). The zero-order valence-electron chi connectivity index (χ0n) is 25.6. The number of nitrogens with zero attached hydrogens (tertiary/aromatic N) is 4. The van der Waals surface area contributed by atoms with Gasteiger partial charge in [-0.05, 0) is 86.6 Å². The Labute approximate surface area is 261 Å². The molecular weight excluding hydrogens is 579 g/mol. The number of benzene rings is 3. The fourth-order valence-corrected chi connectivity index (χ4v) is 5.26. The van der Waals surface area contributed by atoms with E-state index >= 15 is 8.78 Å². The largest absolute Gasteiger partial charge is 0.356 e. The quantitative estimate of drug-likeness (QED) is 0.144. The summed E-state index contributed by atoms with van der Waals surface area (Å²) in [4.78, 5) is 25.9. The molecule has 0 saturated heterocycles. The maximum absolute atomic E-state index is 15.1. The van der Waals surface area contributed by atoms with Crippen LogP contribution in [0.2, 0.25) is 0 Å². The van der Waals surface area contributed by atoms with E-state index in [1.165, 1.54) is 18.2 Å². The van der Waals surface area contributed by atoms with Crippen LogP contribution in [0.4, 0.5) is 41.1 Å². The number of nitrogens with one attached hydrogen (secondary N) is 3. The Morgan fingerprint density at radius 1 is 1.02 bits per heavy atom. The van der Waals surface area contributed by atoms with Gasteiger partial charge >= 0.3 is 6.03 Å². The molecule has 0 radical (unpaired) electrons. The predicted octanol–water partition coefficient (Wildman–Crippen LogP) is 7.46. The van der Waals surface area contributed by atoms with Gasteiger partial charge in [0.2, 0.25) is 5.95 Å². The molecule has 0 atom stereocenters. The van der Waals surface area contributed by atoms with Crippen LogP contribution in [0.15, 0.2) is 67.2 Å². The van der Waals surface area contributed by atoms with Gasteiger partial charge in [-0.1, -0.05) is 38.6 Å². The van der Waals surface area contributed by atoms with Gasteiger partial charge in [0, 0.05) is 29.1 Å². The molecule has 1 aliphatic rings. The summed E-state index contributed by atoms with van der Waals surface area (Å²) in [5.74, 6) is -1.81. The molecule has 0 saturated carbocycles. The van der Waals surface area contributed by atoms with Crippen LogP contribution in [-0.2, 0) is 6.54 Å². The Balaban J connectivity index is 1.58. The highest BCUT2D eigenvalue weighted by atomic mass is 19.1. The molecule has 0 unspecified atom stereocenters. The van der Waals surface area contributed by atoms with Crippen molar-refractivity contribution in [2.45, 2.75) is 33.7 Å². The summed E-state index contributed by atoms with van der Waals surface area (Å²) >= 11 is 0. The molecular formula is C34H36F3N7O. The number of aryl methyl sites for hydroxylation is 1. The van der Waals surface area contributed by atoms with Crippen LogP contribution >= 0.6 is 0 Å². The standard InChI is InChI=1S/C34H36F3N7O/c1-5-43(6-2)18-8-17-38-33-41-30(26-19-23(12-11-21(26)3)22(4)40-25-15-13-24(35)14-16-25)27-20-39-34(45)44(32(27)42-33)31-28(36)9-7-10-29(31)37/h7,9-16,19,40H,4-6,8,17-18,20H2,1-3H3,(H,39,45)(H,38,41,42). The van der Waals surface area contributed by atoms with Gasteiger partial charge in [-0.15, -0.1) is 0 Å². The lowest BCUT2D eigenvalue weighted by Crippen LogP contribution is -2.43. The summed E-state index contributed by atoms with van der Waals surface area (Å²) in [6.07, 6.45) is 0.812. The number of anilines is 4. The van der Waals surface area contributed by atoms with Crippen LogP contribution < -0.4 is 20.9 Å². The molecule has 1 aromatic heterocycles. The van der Waals surface area contributed by atoms with Crippen LogP contribution in [0, 0.1) is 24.4 Å². The van der Waals surface area contributed by atoms with E-state index in [1.54, 1.807) is 12.1 Å². The minimum atomic E-state index is -0.895. The third-order valence-electron chi connectivity index (χ3n) is 7.79. The highest BCUT2D eigenvalue weighted by molar-refractivity contribution is 6.02. The second-order valence-corrected chi connectivity index (χ2v) is 10.7. The first-order chi connectivity index (χ1) is 21.7. The number of carbonyl (C=O) groups is 1. The van der Waals surface area contributed by atoms with Gasteiger partial charge in [-0.3, -0.25) is 0 Å². The van der Waals surface area contributed by atoms with Gasteiger partial charge < -0.3 is 20.9 Å². The lowest BCUT2D eigenvalue weighted by Gasteiger charge is -2.31. The molecule has 11 heteroatoms. The van der Waals surface area contributed by atoms with Crippen LogP contribution in [-0.4, -0.2) is 47.1 Å². The van der Waals surface area contributed by atoms with Crippen LogP contribution in [0.5, 0.6) is 0 Å². The molecule has 45 heavy (non-hydrogen) atoms. The molecule has 0 spiro atoms. The fourth-order valence-electron chi connectivity index (χ4n) is 5.26. The molecule has 8 nitrogen and oxygen atoms in total. The Kier molecular flexibility index (Phi) is 9.68. The number of urea groups is 1. The third kappa shape index (κ3) is 6.93. The molecule has 2 amide bonds. The SMILES string of the molecule is C=C(Nc1ccc(F)cc1)c1ccc(C)c(-c2nc(NCCCN(CC)CC)nc3c2CNC(=O)N3c2c(F)cccc2F)c1. The summed E-state index contributed by atoms with van der Waals surface area (Å²) in [6.45, 7) is 13.7. The van der Waals surface area contributed by atoms with Gasteiger partial charge in [-0.2, -0.15) is 4.98 Å². The first-order valence-electron chi connectivity index (χ1n) is 14.9. The van der Waals surface area contributed by atoms with E-state index in [-0.39, 0.29) is 24.1 Å². The zero-order chi connectivity index (χ0) is 32.1. The summed E-state index contributed by atoms with van der Waals surface area (Å²) in [5.41, 5.74) is 4.08. The van der Waals surface area contributed by atoms with Crippen molar-refractivity contribution in [1.29, 1.82) is 0 Å². The second-order valence-electron chi connectivity index (χ2n) is 10.7. The molecule has 0 bridgehead atoms. The Hall–Kier alpha value is -4.90. The Morgan fingerprint density at radius 3 is 2.42 bits per heavy atom. The number of aromatic nitrogens is 2. The third-order valence-corrected chi connectivity index (χ3v) is 7.79. The number of fused-ring (bicyclic) bond motifs is 1. The Morgan fingerprint density at radius 2 is 1.73 bits per heavy atom. The second kappa shape index (κ2) is 13.8. The highest BCUT2D eigenvalue weighted by Gasteiger charge is 2.34. The van der Waals surface area contributed by atoms with E-state index in [0.29, 0.717) is 29.2 Å². The molecule has 0 aliphatic carbocycles. The van der Waals surface area contributed by atoms with E-state index in [4.69, 9.17) is 4.98 Å². The number of rotatable bonds is 12. The minimum absolute atomic E-state index is 0.0523. The van der Waals surface area contributed by atoms with Gasteiger partial charge in [-0.25, -0.2) is 27.8 Å². The molecule has 0 fully saturated rings. The van der Waals surface area contributed by atoms with Crippen LogP contribution in [0.1, 0.15) is 37.0 Å². The van der Waals surface area contributed by atoms with Crippen LogP contribution in [0.3, 0.4) is 0 Å². The van der Waals surface area contributed by atoms with E-state index < -0.39 is 23.4 Å². The Bertz CT molecular complexity index is 1690. The fraction of sp³-hybridized carbons (Fsp3) is 0.265. The zero-order valence-corrected chi connectivity index (χ0v) is 25.6. The van der Waals surface area contributed by atoms with Crippen molar-refractivity contribution in [2.24, 2.45) is 0 Å². The number of halogens is 3. The topological polar surface area (TPSA) is 85.4 Å². The van der Waals surface area contributed by atoms with Crippen molar-refractivity contribution in [3.8, 4) is 11.3 Å². The van der Waals surface area contributed by atoms with Crippen LogP contribution in [0.25, 0.3) is 17.0 Å². The molecule has 3 N–H and O–H groups in total. The van der Waals surface area contributed by atoms with Crippen molar-refractivity contribution >= 4 is 34.9 Å². The van der Waals surface area contributed by atoms with E-state index in [2.05, 4.69) is 46.3 Å². The summed E-state index contributed by atoms with van der Waals surface area (Å²) < 4.78 is 43.6. The van der Waals surface area contributed by atoms with Crippen molar-refractivity contribution in [1.82, 2.24) is 20.2 Å². The summed E-state index contributed by atoms with van der Waals surface area (Å²) in [7, 11) is 0. The van der Waals surface area contributed by atoms with Crippen molar-refractivity contribution < 1.29 is 18.0 Å². The molecule has 2 heterocycles. The smallest absolute Gasteiger partial charge is 0.328 e. The van der Waals surface area contributed by atoms with E-state index in [1.807, 2.05) is 25.1 Å². The first kappa shape index (κ1) is 31.5. The van der Waals surface area contributed by atoms with E-state index in [9.17, 15) is 9.18 Å². The number of hydrogen-bond acceptors (Lipinski definition) is 6. The van der Waals surface area contributed by atoms with Crippen molar-refractivity contribution in [3.63, 3.8) is 0 Å². The summed E-state index contributed by atoms with van der Waals surface area (Å²) in [6, 6.07) is 14.4. The van der Waals surface area contributed by atoms with Gasteiger partial charge in [0.1, 0.15) is 23.1 Å². The normalized spacial score (nSPS) is 12.6. The van der Waals surface area contributed by atoms with E-state index in [0.717, 1.165) is 59.8 Å². The maximum atomic E-state index is 15.1. The lowest BCUT2D eigenvalue weighted by molar-refractivity contribution is 0.246. The molecule has 4 aromatic rings. The predicted molar refractivity (Wildman–Crippen MR) is 173 cm³/mol. The molecule has 234 valence electrons. The van der Waals surface area contributed by atoms with Gasteiger partial charge in [0.05, 0.1) is 12.2 Å². The average molecular weight is 616 g/mol. The number of amides is 2. The molecule has 3 aromatic carbocycles. The highest BCUT2D eigenvalue weighted by Crippen LogP contribution is 2.39. The number of para-hydroxylation sites is 1. The first-order valence-corrected chi connectivity index (χ1v) is 14.9. The number of carbonyl (C=O) groups excluding carboxylic acids is 1. The van der Waals surface area contributed by atoms with Gasteiger partial charge in [0.15, 0.2) is 5.82 Å². The van der Waals surface area contributed by atoms with Gasteiger partial charge in [0.25, 0.3) is 0 Å². The monoisotopic (exact) mass is 615 g/mol. The minimum Gasteiger partial charge on any atom is -0.356 e. The average Bonchev–Trinajstić information content (AvgIpc) is 3.03. The molecule has 1 aliphatic heterocycles.